The Morgan fingerprint density at radius 1 is 1.08 bits per heavy atom. The van der Waals surface area contributed by atoms with E-state index in [9.17, 15) is 14.7 Å². The normalized spacial score (nSPS) is 13.6. The Bertz CT molecular complexity index is 772. The number of hydrogen-bond donors (Lipinski definition) is 1. The van der Waals surface area contributed by atoms with Gasteiger partial charge in [-0.15, -0.1) is 0 Å². The number of nitrogens with zero attached hydrogens (tertiary/aromatic N) is 1. The molecule has 0 bridgehead atoms. The van der Waals surface area contributed by atoms with Crippen molar-refractivity contribution < 1.29 is 19.4 Å². The highest BCUT2D eigenvalue weighted by atomic mass is 16.6. The van der Waals surface area contributed by atoms with Gasteiger partial charge in [0, 0.05) is 12.5 Å². The van der Waals surface area contributed by atoms with Gasteiger partial charge in [-0.25, -0.2) is 9.59 Å². The molecule has 26 heavy (non-hydrogen) atoms. The van der Waals surface area contributed by atoms with Crippen LogP contribution in [0.1, 0.15) is 37.3 Å². The highest BCUT2D eigenvalue weighted by Crippen LogP contribution is 2.44. The maximum Gasteiger partial charge on any atom is 0.410 e. The number of fused-ring (bicyclic) bond motifs is 3. The number of carbonyl (C=O) groups is 2. The molecular formula is C21H23NO4. The van der Waals surface area contributed by atoms with Crippen LogP contribution in [0.15, 0.2) is 48.5 Å². The van der Waals surface area contributed by atoms with Crippen molar-refractivity contribution in [2.45, 2.75) is 32.2 Å². The molecule has 0 aromatic heterocycles. The summed E-state index contributed by atoms with van der Waals surface area (Å²) in [5, 5.41) is 9.22. The molecule has 0 spiro atoms. The molecule has 1 atom stereocenters. The number of carboxylic acid groups (broad SMARTS) is 1. The fourth-order valence-corrected chi connectivity index (χ4v) is 3.49. The average molecular weight is 353 g/mol. The Balaban J connectivity index is 1.79. The summed E-state index contributed by atoms with van der Waals surface area (Å²) < 4.78 is 5.55. The van der Waals surface area contributed by atoms with Crippen molar-refractivity contribution in [1.82, 2.24) is 4.90 Å². The molecular weight excluding hydrogens is 330 g/mol. The van der Waals surface area contributed by atoms with Crippen molar-refractivity contribution in [3.8, 4) is 11.1 Å². The van der Waals surface area contributed by atoms with Crippen LogP contribution >= 0.6 is 0 Å². The Morgan fingerprint density at radius 3 is 2.12 bits per heavy atom. The van der Waals surface area contributed by atoms with Crippen molar-refractivity contribution in [1.29, 1.82) is 0 Å². The second-order valence-electron chi connectivity index (χ2n) is 6.51. The molecule has 136 valence electrons. The van der Waals surface area contributed by atoms with E-state index in [1.807, 2.05) is 31.2 Å². The summed E-state index contributed by atoms with van der Waals surface area (Å²) in [7, 11) is 0. The molecule has 5 heteroatoms. The van der Waals surface area contributed by atoms with Gasteiger partial charge in [-0.2, -0.15) is 0 Å². The average Bonchev–Trinajstić information content (AvgIpc) is 2.97. The Labute approximate surface area is 153 Å². The Kier molecular flexibility index (Phi) is 5.26. The highest BCUT2D eigenvalue weighted by Gasteiger charge is 2.31. The number of carboxylic acids is 1. The predicted octanol–water partition coefficient (Wildman–Crippen LogP) is 4.12. The topological polar surface area (TPSA) is 66.8 Å². The third kappa shape index (κ3) is 3.29. The minimum Gasteiger partial charge on any atom is -0.480 e. The summed E-state index contributed by atoms with van der Waals surface area (Å²) in [4.78, 5) is 25.0. The molecule has 0 saturated heterocycles. The van der Waals surface area contributed by atoms with Crippen LogP contribution in [0.2, 0.25) is 0 Å². The van der Waals surface area contributed by atoms with Crippen molar-refractivity contribution in [3.05, 3.63) is 59.7 Å². The maximum absolute atomic E-state index is 12.5. The summed E-state index contributed by atoms with van der Waals surface area (Å²) >= 11 is 0. The van der Waals surface area contributed by atoms with E-state index in [1.165, 1.54) is 11.8 Å². The summed E-state index contributed by atoms with van der Waals surface area (Å²) in [6.07, 6.45) is 0.0885. The molecule has 0 radical (unpaired) electrons. The van der Waals surface area contributed by atoms with Crippen LogP contribution in [0.4, 0.5) is 4.79 Å². The number of carbonyl (C=O) groups excluding carboxylic acids is 1. The van der Waals surface area contributed by atoms with Gasteiger partial charge in [0.2, 0.25) is 0 Å². The number of ether oxygens (including phenoxy) is 1. The Morgan fingerprint density at radius 2 is 1.62 bits per heavy atom. The van der Waals surface area contributed by atoms with E-state index in [4.69, 9.17) is 4.74 Å². The van der Waals surface area contributed by atoms with E-state index in [0.717, 1.165) is 22.3 Å². The second-order valence-corrected chi connectivity index (χ2v) is 6.51. The standard InChI is InChI=1S/C21H23NO4/c1-3-12-22(14(2)20(23)24)21(25)26-13-19-17-10-6-4-8-15(17)16-9-5-7-11-18(16)19/h4-11,14,19H,3,12-13H2,1-2H3,(H,23,24). The zero-order chi connectivity index (χ0) is 18.7. The van der Waals surface area contributed by atoms with E-state index in [2.05, 4.69) is 24.3 Å². The van der Waals surface area contributed by atoms with Crippen LogP contribution < -0.4 is 0 Å². The molecule has 1 amide bonds. The quantitative estimate of drug-likeness (QED) is 0.848. The second kappa shape index (κ2) is 7.60. The van der Waals surface area contributed by atoms with E-state index in [-0.39, 0.29) is 12.5 Å². The SMILES string of the molecule is CCCN(C(=O)OCC1c2ccccc2-c2ccccc21)C(C)C(=O)O. The molecule has 0 fully saturated rings. The molecule has 2 aromatic rings. The summed E-state index contributed by atoms with van der Waals surface area (Å²) in [5.74, 6) is -1.07. The van der Waals surface area contributed by atoms with Crippen molar-refractivity contribution in [2.24, 2.45) is 0 Å². The van der Waals surface area contributed by atoms with Crippen LogP contribution in [-0.2, 0) is 9.53 Å². The van der Waals surface area contributed by atoms with Crippen LogP contribution in [0.5, 0.6) is 0 Å². The minimum absolute atomic E-state index is 0.0324. The van der Waals surface area contributed by atoms with Gasteiger partial charge < -0.3 is 9.84 Å². The molecule has 1 aliphatic carbocycles. The fourth-order valence-electron chi connectivity index (χ4n) is 3.49. The summed E-state index contributed by atoms with van der Waals surface area (Å²) in [5.41, 5.74) is 4.59. The largest absolute Gasteiger partial charge is 0.480 e. The number of hydrogen-bond acceptors (Lipinski definition) is 3. The van der Waals surface area contributed by atoms with Gasteiger partial charge in [0.05, 0.1) is 0 Å². The van der Waals surface area contributed by atoms with Gasteiger partial charge in [0.15, 0.2) is 0 Å². The molecule has 1 aliphatic rings. The van der Waals surface area contributed by atoms with Crippen molar-refractivity contribution >= 4 is 12.1 Å². The third-order valence-electron chi connectivity index (χ3n) is 4.86. The fraction of sp³-hybridized carbons (Fsp3) is 0.333. The number of rotatable bonds is 6. The molecule has 5 nitrogen and oxygen atoms in total. The monoisotopic (exact) mass is 353 g/mol. The Hall–Kier alpha value is -2.82. The molecule has 1 N–H and O–H groups in total. The summed E-state index contributed by atoms with van der Waals surface area (Å²) in [6, 6.07) is 15.3. The van der Waals surface area contributed by atoms with Crippen molar-refractivity contribution in [3.63, 3.8) is 0 Å². The highest BCUT2D eigenvalue weighted by molar-refractivity contribution is 5.80. The van der Waals surface area contributed by atoms with E-state index in [0.29, 0.717) is 13.0 Å². The molecule has 1 unspecified atom stereocenters. The van der Waals surface area contributed by atoms with Crippen LogP contribution in [0.25, 0.3) is 11.1 Å². The molecule has 3 rings (SSSR count). The first-order valence-corrected chi connectivity index (χ1v) is 8.89. The van der Waals surface area contributed by atoms with E-state index in [1.54, 1.807) is 0 Å². The minimum atomic E-state index is -1.04. The number of amides is 1. The number of aliphatic carboxylic acids is 1. The first-order valence-electron chi connectivity index (χ1n) is 8.89. The lowest BCUT2D eigenvalue weighted by molar-refractivity contribution is -0.142. The van der Waals surface area contributed by atoms with Gasteiger partial charge in [0.25, 0.3) is 0 Å². The van der Waals surface area contributed by atoms with Gasteiger partial charge in [-0.1, -0.05) is 55.5 Å². The molecule has 0 saturated carbocycles. The van der Waals surface area contributed by atoms with Gasteiger partial charge in [-0.05, 0) is 35.6 Å². The maximum atomic E-state index is 12.5. The lowest BCUT2D eigenvalue weighted by atomic mass is 9.98. The first kappa shape index (κ1) is 18.0. The molecule has 0 aliphatic heterocycles. The molecule has 2 aromatic carbocycles. The zero-order valence-corrected chi connectivity index (χ0v) is 15.0. The first-order chi connectivity index (χ1) is 12.5. The van der Waals surface area contributed by atoms with Gasteiger partial charge >= 0.3 is 12.1 Å². The summed E-state index contributed by atoms with van der Waals surface area (Å²) in [6.45, 7) is 3.95. The van der Waals surface area contributed by atoms with E-state index < -0.39 is 18.1 Å². The molecule has 0 heterocycles. The van der Waals surface area contributed by atoms with Crippen LogP contribution in [0, 0.1) is 0 Å². The van der Waals surface area contributed by atoms with Crippen LogP contribution in [-0.4, -0.2) is 41.3 Å². The predicted molar refractivity (Wildman–Crippen MR) is 99.2 cm³/mol. The van der Waals surface area contributed by atoms with Crippen molar-refractivity contribution in [2.75, 3.05) is 13.2 Å². The van der Waals surface area contributed by atoms with E-state index >= 15 is 0 Å². The van der Waals surface area contributed by atoms with Crippen LogP contribution in [0.3, 0.4) is 0 Å². The van der Waals surface area contributed by atoms with Gasteiger partial charge in [0.1, 0.15) is 12.6 Å². The zero-order valence-electron chi connectivity index (χ0n) is 15.0. The third-order valence-corrected chi connectivity index (χ3v) is 4.86. The number of benzene rings is 2. The lowest BCUT2D eigenvalue weighted by Crippen LogP contribution is -2.44. The smallest absolute Gasteiger partial charge is 0.410 e. The lowest BCUT2D eigenvalue weighted by Gasteiger charge is -2.26. The van der Waals surface area contributed by atoms with Gasteiger partial charge in [-0.3, -0.25) is 4.90 Å².